The second kappa shape index (κ2) is 10.7. The van der Waals surface area contributed by atoms with Crippen molar-refractivity contribution in [1.29, 1.82) is 5.41 Å². The molecule has 19 heavy (non-hydrogen) atoms. The van der Waals surface area contributed by atoms with Gasteiger partial charge in [-0.15, -0.1) is 0 Å². The van der Waals surface area contributed by atoms with Gasteiger partial charge in [0, 0.05) is 6.54 Å². The van der Waals surface area contributed by atoms with Gasteiger partial charge in [-0.05, 0) is 19.8 Å². The van der Waals surface area contributed by atoms with Crippen LogP contribution in [0.15, 0.2) is 0 Å². The Labute approximate surface area is 123 Å². The molecule has 0 aromatic rings. The summed E-state index contributed by atoms with van der Waals surface area (Å²) in [5.41, 5.74) is 10.7. The number of nitrogens with one attached hydrogen (secondary N) is 2. The van der Waals surface area contributed by atoms with Crippen molar-refractivity contribution < 1.29 is 19.4 Å². The average molecular weight is 268 g/mol. The summed E-state index contributed by atoms with van der Waals surface area (Å²) in [4.78, 5) is 21.8. The molecule has 7 N–H and O–H groups in total. The molecule has 2 atom stereocenters. The molecular formula is C10H21LiN4O4. The van der Waals surface area contributed by atoms with Crippen molar-refractivity contribution in [1.82, 2.24) is 5.32 Å². The molecule has 0 aliphatic carbocycles. The van der Waals surface area contributed by atoms with Crippen LogP contribution in [0.2, 0.25) is 0 Å². The number of carbonyl (C=O) groups excluding carboxylic acids is 1. The molecule has 9 heteroatoms. The van der Waals surface area contributed by atoms with Crippen LogP contribution in [0.3, 0.4) is 0 Å². The standard InChI is InChI=1S/C10H20N4O4.Li.H/c1-6(5-8(15)16)18-9(17)7(11)3-2-4-14-10(12)13;;/h6-7H,2-5,11H2,1H3,(H,15,16)(H4,12,13,14);;/t6?,7-;;/m0../s1. The quantitative estimate of drug-likeness (QED) is 0.116. The minimum absolute atomic E-state index is 0. The van der Waals surface area contributed by atoms with E-state index in [-0.39, 0.29) is 31.2 Å². The van der Waals surface area contributed by atoms with E-state index in [4.69, 9.17) is 26.7 Å². The van der Waals surface area contributed by atoms with Gasteiger partial charge in [0.1, 0.15) is 12.1 Å². The molecule has 0 bridgehead atoms. The molecule has 0 fully saturated rings. The van der Waals surface area contributed by atoms with E-state index in [0.717, 1.165) is 0 Å². The van der Waals surface area contributed by atoms with Crippen molar-refractivity contribution in [2.75, 3.05) is 6.54 Å². The maximum absolute atomic E-state index is 11.4. The summed E-state index contributed by atoms with van der Waals surface area (Å²) in [6, 6.07) is -0.796. The zero-order valence-electron chi connectivity index (χ0n) is 10.3. The number of ether oxygens (including phenoxy) is 1. The van der Waals surface area contributed by atoms with Crippen LogP contribution < -0.4 is 16.8 Å². The topological polar surface area (TPSA) is 152 Å². The van der Waals surface area contributed by atoms with Gasteiger partial charge in [0.15, 0.2) is 5.96 Å². The minimum atomic E-state index is -1.03. The number of carboxylic acids is 1. The van der Waals surface area contributed by atoms with Crippen molar-refractivity contribution in [2.45, 2.75) is 38.3 Å². The predicted molar refractivity (Wildman–Crippen MR) is 72.1 cm³/mol. The van der Waals surface area contributed by atoms with E-state index in [0.29, 0.717) is 19.4 Å². The van der Waals surface area contributed by atoms with Crippen LogP contribution in [0.1, 0.15) is 26.2 Å². The molecule has 0 aliphatic rings. The third-order valence-corrected chi connectivity index (χ3v) is 2.09. The van der Waals surface area contributed by atoms with Gasteiger partial charge in [-0.3, -0.25) is 15.0 Å². The maximum atomic E-state index is 11.4. The number of hydrogen-bond donors (Lipinski definition) is 5. The first kappa shape index (κ1) is 20.1. The first-order valence-electron chi connectivity index (χ1n) is 5.58. The second-order valence-electron chi connectivity index (χ2n) is 3.93. The van der Waals surface area contributed by atoms with Gasteiger partial charge in [0.2, 0.25) is 0 Å². The Morgan fingerprint density at radius 2 is 2.05 bits per heavy atom. The Morgan fingerprint density at radius 1 is 1.47 bits per heavy atom. The Balaban J connectivity index is 0. The van der Waals surface area contributed by atoms with Gasteiger partial charge in [0.05, 0.1) is 6.42 Å². The number of carboxylic acid groups (broad SMARTS) is 1. The molecule has 0 amide bonds. The fourth-order valence-corrected chi connectivity index (χ4v) is 1.24. The van der Waals surface area contributed by atoms with Crippen LogP contribution in [0.4, 0.5) is 0 Å². The normalized spacial score (nSPS) is 12.7. The van der Waals surface area contributed by atoms with Crippen molar-refractivity contribution in [3.05, 3.63) is 0 Å². The summed E-state index contributed by atoms with van der Waals surface area (Å²) < 4.78 is 4.87. The monoisotopic (exact) mass is 268 g/mol. The molecule has 0 rings (SSSR count). The number of aliphatic carboxylic acids is 1. The van der Waals surface area contributed by atoms with Gasteiger partial charge in [-0.1, -0.05) is 0 Å². The molecule has 0 radical (unpaired) electrons. The van der Waals surface area contributed by atoms with Gasteiger partial charge >= 0.3 is 30.8 Å². The average Bonchev–Trinajstić information content (AvgIpc) is 2.22. The molecule has 0 aromatic carbocycles. The van der Waals surface area contributed by atoms with E-state index in [1.165, 1.54) is 6.92 Å². The molecule has 0 saturated carbocycles. The van der Waals surface area contributed by atoms with Gasteiger partial charge in [0.25, 0.3) is 0 Å². The van der Waals surface area contributed by atoms with Crippen molar-refractivity contribution >= 4 is 36.8 Å². The molecule has 106 valence electrons. The van der Waals surface area contributed by atoms with E-state index in [1.807, 2.05) is 0 Å². The predicted octanol–water partition coefficient (Wildman–Crippen LogP) is -1.67. The Bertz CT molecular complexity index is 314. The van der Waals surface area contributed by atoms with Gasteiger partial charge < -0.3 is 26.6 Å². The van der Waals surface area contributed by atoms with Gasteiger partial charge in [-0.2, -0.15) is 0 Å². The van der Waals surface area contributed by atoms with Crippen molar-refractivity contribution in [3.8, 4) is 0 Å². The van der Waals surface area contributed by atoms with Crippen LogP contribution in [-0.2, 0) is 14.3 Å². The molecule has 0 saturated heterocycles. The Hall–Kier alpha value is -1.23. The summed E-state index contributed by atoms with van der Waals surface area (Å²) in [6.07, 6.45) is -0.0109. The summed E-state index contributed by atoms with van der Waals surface area (Å²) in [5, 5.41) is 18.0. The SMILES string of the molecule is CC(CC(=O)O)OC(=O)[C@@H](N)CCCNC(=N)N.[LiH]. The fraction of sp³-hybridized carbons (Fsp3) is 0.700. The molecule has 1 unspecified atom stereocenters. The van der Waals surface area contributed by atoms with Crippen molar-refractivity contribution in [2.24, 2.45) is 11.5 Å². The van der Waals surface area contributed by atoms with E-state index >= 15 is 0 Å². The van der Waals surface area contributed by atoms with Crippen LogP contribution in [0.25, 0.3) is 0 Å². The summed E-state index contributed by atoms with van der Waals surface area (Å²) in [6.45, 7) is 1.94. The van der Waals surface area contributed by atoms with Crippen LogP contribution in [0.5, 0.6) is 0 Å². The van der Waals surface area contributed by atoms with Crippen LogP contribution in [-0.4, -0.2) is 60.6 Å². The van der Waals surface area contributed by atoms with E-state index in [2.05, 4.69) is 5.32 Å². The summed E-state index contributed by atoms with van der Waals surface area (Å²) >= 11 is 0. The first-order chi connectivity index (χ1) is 8.32. The number of guanidine groups is 1. The third-order valence-electron chi connectivity index (χ3n) is 2.09. The van der Waals surface area contributed by atoms with E-state index < -0.39 is 24.1 Å². The molecule has 8 nitrogen and oxygen atoms in total. The number of carbonyl (C=O) groups is 2. The Kier molecular flexibility index (Phi) is 11.3. The number of nitrogens with two attached hydrogens (primary N) is 2. The fourth-order valence-electron chi connectivity index (χ4n) is 1.24. The van der Waals surface area contributed by atoms with E-state index in [1.54, 1.807) is 0 Å². The van der Waals surface area contributed by atoms with Crippen LogP contribution in [0, 0.1) is 5.41 Å². The molecule has 0 aliphatic heterocycles. The second-order valence-corrected chi connectivity index (χ2v) is 3.93. The van der Waals surface area contributed by atoms with Crippen LogP contribution >= 0.6 is 0 Å². The van der Waals surface area contributed by atoms with Gasteiger partial charge in [-0.25, -0.2) is 0 Å². The molecular weight excluding hydrogens is 247 g/mol. The molecule has 0 heterocycles. The number of hydrogen-bond acceptors (Lipinski definition) is 5. The Morgan fingerprint density at radius 3 is 2.53 bits per heavy atom. The summed E-state index contributed by atoms with van der Waals surface area (Å²) in [7, 11) is 0. The number of esters is 1. The molecule has 0 spiro atoms. The molecule has 0 aromatic heterocycles. The zero-order valence-corrected chi connectivity index (χ0v) is 10.3. The zero-order chi connectivity index (χ0) is 14.1. The first-order valence-corrected chi connectivity index (χ1v) is 5.58. The third kappa shape index (κ3) is 11.6. The van der Waals surface area contributed by atoms with E-state index in [9.17, 15) is 9.59 Å². The number of rotatable bonds is 8. The van der Waals surface area contributed by atoms with Crippen molar-refractivity contribution in [3.63, 3.8) is 0 Å². The summed E-state index contributed by atoms with van der Waals surface area (Å²) in [5.74, 6) is -1.79.